The number of para-hydroxylation sites is 1. The van der Waals surface area contributed by atoms with Gasteiger partial charge in [0.25, 0.3) is 0 Å². The predicted molar refractivity (Wildman–Crippen MR) is 132 cm³/mol. The van der Waals surface area contributed by atoms with E-state index in [4.69, 9.17) is 0 Å². The summed E-state index contributed by atoms with van der Waals surface area (Å²) >= 11 is 1.46. The fourth-order valence-corrected chi connectivity index (χ4v) is 5.21. The number of aryl methyl sites for hydroxylation is 2. The first-order chi connectivity index (χ1) is 16.0. The van der Waals surface area contributed by atoms with Gasteiger partial charge in [-0.15, -0.1) is 10.2 Å². The van der Waals surface area contributed by atoms with Gasteiger partial charge in [0.1, 0.15) is 5.82 Å². The van der Waals surface area contributed by atoms with Crippen molar-refractivity contribution in [1.82, 2.24) is 19.3 Å². The Balaban J connectivity index is 1.44. The number of benzene rings is 2. The van der Waals surface area contributed by atoms with Gasteiger partial charge in [0.15, 0.2) is 5.16 Å². The molecule has 1 aliphatic heterocycles. The second-order valence-corrected chi connectivity index (χ2v) is 9.40. The van der Waals surface area contributed by atoms with Crippen molar-refractivity contribution in [3.8, 4) is 5.69 Å². The molecule has 0 spiro atoms. The molecule has 0 radical (unpaired) electrons. The second kappa shape index (κ2) is 8.90. The average molecular weight is 458 g/mol. The minimum atomic E-state index is 0.101. The average Bonchev–Trinajstić information content (AvgIpc) is 3.53. The lowest BCUT2D eigenvalue weighted by Gasteiger charge is -2.18. The molecule has 0 fully saturated rings. The fourth-order valence-electron chi connectivity index (χ4n) is 4.37. The van der Waals surface area contributed by atoms with Crippen LogP contribution in [0.4, 0.5) is 5.69 Å². The summed E-state index contributed by atoms with van der Waals surface area (Å²) in [5.41, 5.74) is 6.89. The minimum Gasteiger partial charge on any atom is -0.354 e. The first-order valence-electron chi connectivity index (χ1n) is 11.1. The summed E-state index contributed by atoms with van der Waals surface area (Å²) in [4.78, 5) is 15.0. The van der Waals surface area contributed by atoms with Crippen molar-refractivity contribution >= 4 is 23.4 Å². The van der Waals surface area contributed by atoms with Crippen molar-refractivity contribution in [3.05, 3.63) is 89.0 Å². The molecule has 168 valence electrons. The molecule has 33 heavy (non-hydrogen) atoms. The zero-order chi connectivity index (χ0) is 22.9. The maximum absolute atomic E-state index is 13.1. The van der Waals surface area contributed by atoms with Crippen LogP contribution in [0.2, 0.25) is 0 Å². The van der Waals surface area contributed by atoms with Crippen LogP contribution in [0.3, 0.4) is 0 Å². The summed E-state index contributed by atoms with van der Waals surface area (Å²) in [6, 6.07) is 18.6. The van der Waals surface area contributed by atoms with Crippen LogP contribution < -0.4 is 4.90 Å². The molecular weight excluding hydrogens is 430 g/mol. The van der Waals surface area contributed by atoms with Crippen LogP contribution in [0.5, 0.6) is 0 Å². The maximum atomic E-state index is 13.1. The normalized spacial score (nSPS) is 12.9. The standard InChI is InChI=1S/C26H27N5OS/c1-18-8-6-12-22(19(18)2)31-24(16-21-10-7-14-29(21)3)27-28-26(31)33-17-25(32)30-15-13-20-9-4-5-11-23(20)30/h4-12,14H,13,15-17H2,1-3H3. The molecule has 0 saturated carbocycles. The van der Waals surface area contributed by atoms with Crippen LogP contribution in [0.15, 0.2) is 66.0 Å². The number of fused-ring (bicyclic) bond motifs is 1. The molecule has 2 aromatic heterocycles. The first-order valence-corrected chi connectivity index (χ1v) is 12.1. The van der Waals surface area contributed by atoms with E-state index in [1.165, 1.54) is 28.5 Å². The molecule has 0 unspecified atom stereocenters. The van der Waals surface area contributed by atoms with Gasteiger partial charge in [-0.2, -0.15) is 0 Å². The molecule has 1 amide bonds. The van der Waals surface area contributed by atoms with E-state index in [-0.39, 0.29) is 5.91 Å². The number of hydrogen-bond donors (Lipinski definition) is 0. The van der Waals surface area contributed by atoms with E-state index >= 15 is 0 Å². The highest BCUT2D eigenvalue weighted by atomic mass is 32.2. The zero-order valence-corrected chi connectivity index (χ0v) is 20.0. The smallest absolute Gasteiger partial charge is 0.237 e. The van der Waals surface area contributed by atoms with Crippen molar-refractivity contribution < 1.29 is 4.79 Å². The Morgan fingerprint density at radius 1 is 1.00 bits per heavy atom. The number of carbonyl (C=O) groups is 1. The Hall–Kier alpha value is -3.32. The Kier molecular flexibility index (Phi) is 5.81. The highest BCUT2D eigenvalue weighted by Crippen LogP contribution is 2.30. The molecule has 2 aromatic carbocycles. The van der Waals surface area contributed by atoms with Gasteiger partial charge in [0.2, 0.25) is 5.91 Å². The van der Waals surface area contributed by atoms with Crippen molar-refractivity contribution in [3.63, 3.8) is 0 Å². The monoisotopic (exact) mass is 457 g/mol. The molecule has 5 rings (SSSR count). The van der Waals surface area contributed by atoms with Gasteiger partial charge >= 0.3 is 0 Å². The van der Waals surface area contributed by atoms with E-state index in [0.717, 1.165) is 41.0 Å². The molecule has 0 N–H and O–H groups in total. The van der Waals surface area contributed by atoms with E-state index in [2.05, 4.69) is 63.5 Å². The van der Waals surface area contributed by atoms with Crippen LogP contribution in [-0.4, -0.2) is 37.5 Å². The third-order valence-corrected chi connectivity index (χ3v) is 7.33. The summed E-state index contributed by atoms with van der Waals surface area (Å²) < 4.78 is 4.22. The molecular formula is C26H27N5OS. The van der Waals surface area contributed by atoms with Gasteiger partial charge in [0.05, 0.1) is 11.4 Å². The SMILES string of the molecule is Cc1cccc(-n2c(Cc3cccn3C)nnc2SCC(=O)N2CCc3ccccc32)c1C. The Bertz CT molecular complexity index is 1320. The number of nitrogens with zero attached hydrogens (tertiary/aromatic N) is 5. The molecule has 4 aromatic rings. The minimum absolute atomic E-state index is 0.101. The molecule has 7 heteroatoms. The van der Waals surface area contributed by atoms with E-state index in [0.29, 0.717) is 12.2 Å². The van der Waals surface area contributed by atoms with E-state index in [1.54, 1.807) is 0 Å². The molecule has 3 heterocycles. The van der Waals surface area contributed by atoms with E-state index in [1.807, 2.05) is 42.4 Å². The molecule has 6 nitrogen and oxygen atoms in total. The molecule has 0 aliphatic carbocycles. The fraction of sp³-hybridized carbons (Fsp3) is 0.269. The van der Waals surface area contributed by atoms with Crippen LogP contribution >= 0.6 is 11.8 Å². The Morgan fingerprint density at radius 3 is 2.64 bits per heavy atom. The highest BCUT2D eigenvalue weighted by Gasteiger charge is 2.25. The van der Waals surface area contributed by atoms with Gasteiger partial charge in [-0.05, 0) is 61.2 Å². The molecule has 0 bridgehead atoms. The first kappa shape index (κ1) is 21.5. The third-order valence-electron chi connectivity index (χ3n) is 6.42. The number of amides is 1. The van der Waals surface area contributed by atoms with Gasteiger partial charge in [-0.1, -0.05) is 42.1 Å². The summed E-state index contributed by atoms with van der Waals surface area (Å²) in [7, 11) is 2.04. The van der Waals surface area contributed by atoms with Crippen LogP contribution in [0.1, 0.15) is 28.2 Å². The van der Waals surface area contributed by atoms with Crippen LogP contribution in [-0.2, 0) is 24.7 Å². The quantitative estimate of drug-likeness (QED) is 0.400. The number of anilines is 1. The topological polar surface area (TPSA) is 56.0 Å². The largest absolute Gasteiger partial charge is 0.354 e. The summed E-state index contributed by atoms with van der Waals surface area (Å²) in [6.07, 6.45) is 3.61. The van der Waals surface area contributed by atoms with Crippen LogP contribution in [0, 0.1) is 13.8 Å². The number of thioether (sulfide) groups is 1. The Morgan fingerprint density at radius 2 is 1.82 bits per heavy atom. The molecule has 0 saturated heterocycles. The maximum Gasteiger partial charge on any atom is 0.237 e. The molecule has 1 aliphatic rings. The van der Waals surface area contributed by atoms with Crippen molar-refractivity contribution in [2.45, 2.75) is 31.8 Å². The van der Waals surface area contributed by atoms with Crippen molar-refractivity contribution in [2.75, 3.05) is 17.2 Å². The third kappa shape index (κ3) is 4.09. The summed E-state index contributed by atoms with van der Waals surface area (Å²) in [5.74, 6) is 1.29. The number of carbonyl (C=O) groups excluding carboxylic acids is 1. The van der Waals surface area contributed by atoms with Crippen LogP contribution in [0.25, 0.3) is 5.69 Å². The second-order valence-electron chi connectivity index (χ2n) is 8.45. The summed E-state index contributed by atoms with van der Waals surface area (Å²) in [6.45, 7) is 4.97. The van der Waals surface area contributed by atoms with Gasteiger partial charge in [0, 0.05) is 37.6 Å². The van der Waals surface area contributed by atoms with Gasteiger partial charge in [-0.3, -0.25) is 9.36 Å². The lowest BCUT2D eigenvalue weighted by molar-refractivity contribution is -0.116. The van der Waals surface area contributed by atoms with Gasteiger partial charge in [-0.25, -0.2) is 0 Å². The number of aromatic nitrogens is 4. The Labute approximate surface area is 198 Å². The van der Waals surface area contributed by atoms with Crippen molar-refractivity contribution in [1.29, 1.82) is 0 Å². The number of hydrogen-bond acceptors (Lipinski definition) is 4. The lowest BCUT2D eigenvalue weighted by Crippen LogP contribution is -2.30. The summed E-state index contributed by atoms with van der Waals surface area (Å²) in [5, 5.41) is 9.80. The predicted octanol–water partition coefficient (Wildman–Crippen LogP) is 4.49. The number of rotatable bonds is 6. The van der Waals surface area contributed by atoms with Gasteiger partial charge < -0.3 is 9.47 Å². The van der Waals surface area contributed by atoms with E-state index in [9.17, 15) is 4.79 Å². The highest BCUT2D eigenvalue weighted by molar-refractivity contribution is 7.99. The van der Waals surface area contributed by atoms with E-state index < -0.39 is 0 Å². The molecule has 0 atom stereocenters. The zero-order valence-electron chi connectivity index (χ0n) is 19.2. The lowest BCUT2D eigenvalue weighted by atomic mass is 10.1. The van der Waals surface area contributed by atoms with Crippen molar-refractivity contribution in [2.24, 2.45) is 7.05 Å².